The summed E-state index contributed by atoms with van der Waals surface area (Å²) in [6.45, 7) is 0.897. The number of nitrogens with one attached hydrogen (secondary N) is 2. The average Bonchev–Trinajstić information content (AvgIpc) is 3.21. The number of rotatable bonds is 6. The Balaban J connectivity index is 1.52. The minimum atomic E-state index is -5.91. The molecule has 0 spiro atoms. The van der Waals surface area contributed by atoms with Crippen LogP contribution in [0.25, 0.3) is 0 Å². The Morgan fingerprint density at radius 1 is 1.02 bits per heavy atom. The summed E-state index contributed by atoms with van der Waals surface area (Å²) in [5.41, 5.74) is -0.815. The average molecular weight is 597 g/mol. The molecule has 1 aromatic carbocycles. The van der Waals surface area contributed by atoms with Crippen LogP contribution in [0, 0.1) is 17.3 Å². The third-order valence-electron chi connectivity index (χ3n) is 10.00. The molecule has 4 aliphatic carbocycles. The van der Waals surface area contributed by atoms with Gasteiger partial charge in [-0.25, -0.2) is 4.79 Å². The van der Waals surface area contributed by atoms with Gasteiger partial charge < -0.3 is 20.8 Å². The van der Waals surface area contributed by atoms with Crippen molar-refractivity contribution in [1.82, 2.24) is 10.6 Å². The Bertz CT molecular complexity index is 1350. The predicted molar refractivity (Wildman–Crippen MR) is 141 cm³/mol. The largest absolute Gasteiger partial charge is 0.480 e. The fraction of sp³-hybridized carbons (Fsp3) is 0.567. The van der Waals surface area contributed by atoms with Gasteiger partial charge in [-0.3, -0.25) is 9.59 Å². The maximum atomic E-state index is 15.1. The molecule has 0 heterocycles. The molecule has 0 bridgehead atoms. The van der Waals surface area contributed by atoms with E-state index in [4.69, 9.17) is 5.11 Å². The Kier molecular flexibility index (Phi) is 7.52. The van der Waals surface area contributed by atoms with Crippen LogP contribution < -0.4 is 10.6 Å². The maximum Gasteiger partial charge on any atom is 0.456 e. The van der Waals surface area contributed by atoms with Crippen LogP contribution >= 0.6 is 0 Å². The molecule has 2 unspecified atom stereocenters. The number of hydrogen-bond acceptors (Lipinski definition) is 4. The van der Waals surface area contributed by atoms with Crippen LogP contribution in [0.15, 0.2) is 47.1 Å². The van der Waals surface area contributed by atoms with Crippen LogP contribution in [0.3, 0.4) is 0 Å². The fourth-order valence-corrected chi connectivity index (χ4v) is 7.98. The van der Waals surface area contributed by atoms with Gasteiger partial charge in [-0.1, -0.05) is 36.8 Å². The number of fused-ring (bicyclic) bond motifs is 4. The zero-order valence-electron chi connectivity index (χ0n) is 23.0. The number of carbonyl (C=O) groups is 3. The molecule has 228 valence electrons. The first kappa shape index (κ1) is 30.2. The van der Waals surface area contributed by atoms with Gasteiger partial charge >= 0.3 is 24.1 Å². The molecule has 0 aliphatic heterocycles. The first-order valence-corrected chi connectivity index (χ1v) is 14.0. The molecular weight excluding hydrogens is 563 g/mol. The van der Waals surface area contributed by atoms with E-state index in [0.717, 1.165) is 16.7 Å². The lowest BCUT2D eigenvalue weighted by Crippen LogP contribution is -2.65. The molecule has 4 aliphatic rings. The van der Waals surface area contributed by atoms with Gasteiger partial charge in [0.1, 0.15) is 12.1 Å². The number of halogens is 5. The Morgan fingerprint density at radius 2 is 1.71 bits per heavy atom. The van der Waals surface area contributed by atoms with E-state index in [1.807, 2.05) is 0 Å². The number of alkyl halides is 5. The molecule has 4 N–H and O–H groups in total. The van der Waals surface area contributed by atoms with Crippen molar-refractivity contribution in [3.8, 4) is 0 Å². The topological polar surface area (TPSA) is 116 Å². The monoisotopic (exact) mass is 596 g/mol. The summed E-state index contributed by atoms with van der Waals surface area (Å²) in [5, 5.41) is 24.7. The van der Waals surface area contributed by atoms with Crippen molar-refractivity contribution in [1.29, 1.82) is 0 Å². The number of carbonyl (C=O) groups excluding carboxylic acids is 2. The third kappa shape index (κ3) is 4.81. The van der Waals surface area contributed by atoms with E-state index in [0.29, 0.717) is 36.8 Å². The second kappa shape index (κ2) is 10.5. The smallest absolute Gasteiger partial charge is 0.456 e. The van der Waals surface area contributed by atoms with E-state index in [2.05, 4.69) is 10.6 Å². The quantitative estimate of drug-likeness (QED) is 0.329. The molecule has 2 saturated carbocycles. The number of ketones is 1. The number of urea groups is 1. The van der Waals surface area contributed by atoms with E-state index in [-0.39, 0.29) is 31.1 Å². The molecule has 2 fully saturated rings. The SMILES string of the molecule is C[C@]12C[C@H](c3ccc(CNC(=O)NCC(=O)O)cc3)C3=C4CCC(=O)C=C4CCC3C1CC[C@@]2(O)C(F)(F)C(F)(F)F. The van der Waals surface area contributed by atoms with Gasteiger partial charge in [-0.15, -0.1) is 0 Å². The highest BCUT2D eigenvalue weighted by atomic mass is 19.4. The van der Waals surface area contributed by atoms with Gasteiger partial charge in [0.15, 0.2) is 5.78 Å². The zero-order chi connectivity index (χ0) is 30.7. The first-order chi connectivity index (χ1) is 19.6. The zero-order valence-corrected chi connectivity index (χ0v) is 23.0. The van der Waals surface area contributed by atoms with Crippen molar-refractivity contribution in [2.45, 2.75) is 82.0 Å². The van der Waals surface area contributed by atoms with E-state index in [1.165, 1.54) is 6.92 Å². The van der Waals surface area contributed by atoms with Gasteiger partial charge in [-0.05, 0) is 78.7 Å². The number of carboxylic acids is 1. The van der Waals surface area contributed by atoms with Crippen LogP contribution in [0.4, 0.5) is 26.7 Å². The van der Waals surface area contributed by atoms with E-state index >= 15 is 8.78 Å². The highest BCUT2D eigenvalue weighted by Gasteiger charge is 2.79. The third-order valence-corrected chi connectivity index (χ3v) is 10.00. The highest BCUT2D eigenvalue weighted by molar-refractivity contribution is 5.93. The summed E-state index contributed by atoms with van der Waals surface area (Å²) in [6, 6.07) is 6.22. The molecule has 1 aromatic rings. The normalized spacial score (nSPS) is 31.1. The van der Waals surface area contributed by atoms with Crippen LogP contribution in [-0.2, 0) is 16.1 Å². The first-order valence-electron chi connectivity index (χ1n) is 14.0. The standard InChI is InChI=1S/C30H33F5N2O5/c1-27-13-22(17-4-2-16(3-5-17)14-36-26(41)37-15-24(39)40)25-20-9-7-19(38)12-18(20)6-8-21(25)23(27)10-11-28(27,42)29(31,32)30(33,34)35/h2-5,12,21-23,42H,6-11,13-15H2,1H3,(H,39,40)(H2,36,37,41)/t21?,22-,23?,27+,28+/m1/s1. The van der Waals surface area contributed by atoms with Crippen LogP contribution in [0.2, 0.25) is 0 Å². The van der Waals surface area contributed by atoms with Crippen LogP contribution in [-0.4, -0.2) is 52.2 Å². The van der Waals surface area contributed by atoms with Crippen molar-refractivity contribution < 1.29 is 46.5 Å². The lowest BCUT2D eigenvalue weighted by molar-refractivity contribution is -0.362. The summed E-state index contributed by atoms with van der Waals surface area (Å²) < 4.78 is 71.3. The number of allylic oxidation sites excluding steroid dienone is 4. The lowest BCUT2D eigenvalue weighted by atomic mass is 9.50. The molecule has 5 atom stereocenters. The second-order valence-electron chi connectivity index (χ2n) is 12.1. The Labute approximate surface area is 239 Å². The molecule has 0 saturated heterocycles. The van der Waals surface area contributed by atoms with Crippen molar-refractivity contribution in [2.24, 2.45) is 17.3 Å². The maximum absolute atomic E-state index is 15.1. The van der Waals surface area contributed by atoms with Crippen LogP contribution in [0.5, 0.6) is 0 Å². The molecular formula is C30H33F5N2O5. The molecule has 7 nitrogen and oxygen atoms in total. The molecule has 5 rings (SSSR count). The predicted octanol–water partition coefficient (Wildman–Crippen LogP) is 5.40. The number of benzene rings is 1. The Morgan fingerprint density at radius 3 is 2.36 bits per heavy atom. The molecule has 42 heavy (non-hydrogen) atoms. The summed E-state index contributed by atoms with van der Waals surface area (Å²) in [4.78, 5) is 34.6. The fourth-order valence-electron chi connectivity index (χ4n) is 7.98. The van der Waals surface area contributed by atoms with Gasteiger partial charge in [0.25, 0.3) is 0 Å². The van der Waals surface area contributed by atoms with Crippen molar-refractivity contribution in [2.75, 3.05) is 6.54 Å². The van der Waals surface area contributed by atoms with E-state index in [1.54, 1.807) is 30.3 Å². The highest BCUT2D eigenvalue weighted by Crippen LogP contribution is 2.70. The Hall–Kier alpha value is -3.28. The summed E-state index contributed by atoms with van der Waals surface area (Å²) >= 11 is 0. The van der Waals surface area contributed by atoms with Gasteiger partial charge in [0.05, 0.1) is 0 Å². The summed E-state index contributed by atoms with van der Waals surface area (Å²) in [5.74, 6) is -7.94. The summed E-state index contributed by atoms with van der Waals surface area (Å²) in [7, 11) is 0. The summed E-state index contributed by atoms with van der Waals surface area (Å²) in [6.07, 6.45) is -3.23. The minimum absolute atomic E-state index is 0.00861. The van der Waals surface area contributed by atoms with Crippen molar-refractivity contribution in [3.05, 3.63) is 58.2 Å². The molecule has 0 aromatic heterocycles. The van der Waals surface area contributed by atoms with Gasteiger partial charge in [-0.2, -0.15) is 22.0 Å². The van der Waals surface area contributed by atoms with E-state index < -0.39 is 59.9 Å². The number of carboxylic acid groups (broad SMARTS) is 1. The lowest BCUT2D eigenvalue weighted by Gasteiger charge is -2.56. The van der Waals surface area contributed by atoms with Crippen molar-refractivity contribution >= 4 is 17.8 Å². The number of amides is 2. The van der Waals surface area contributed by atoms with Gasteiger partial charge in [0, 0.05) is 24.3 Å². The molecule has 2 amide bonds. The minimum Gasteiger partial charge on any atom is -0.480 e. The second-order valence-corrected chi connectivity index (χ2v) is 12.1. The number of aliphatic hydroxyl groups is 1. The number of hydrogen-bond donors (Lipinski definition) is 4. The van der Waals surface area contributed by atoms with Crippen molar-refractivity contribution in [3.63, 3.8) is 0 Å². The molecule has 12 heteroatoms. The molecule has 0 radical (unpaired) electrons. The van der Waals surface area contributed by atoms with Crippen LogP contribution in [0.1, 0.15) is 68.9 Å². The van der Waals surface area contributed by atoms with Gasteiger partial charge in [0.2, 0.25) is 0 Å². The number of aliphatic carboxylic acids is 1. The van der Waals surface area contributed by atoms with E-state index in [9.17, 15) is 32.7 Å².